The van der Waals surface area contributed by atoms with Crippen LogP contribution in [0.1, 0.15) is 19.4 Å². The number of halogens is 1. The van der Waals surface area contributed by atoms with E-state index in [1.165, 1.54) is 0 Å². The van der Waals surface area contributed by atoms with Crippen molar-refractivity contribution in [3.8, 4) is 0 Å². The number of methoxy groups -OCH3 is 1. The fourth-order valence-corrected chi connectivity index (χ4v) is 1.92. The van der Waals surface area contributed by atoms with Gasteiger partial charge >= 0.3 is 0 Å². The van der Waals surface area contributed by atoms with E-state index in [1.807, 2.05) is 44.2 Å². The molecule has 0 aliphatic rings. The maximum atomic E-state index is 11.9. The van der Waals surface area contributed by atoms with Crippen molar-refractivity contribution in [2.75, 3.05) is 19.7 Å². The Kier molecular flexibility index (Phi) is 5.89. The molecule has 1 amide bonds. The van der Waals surface area contributed by atoms with E-state index in [0.29, 0.717) is 0 Å². The molecular formula is C14H18ClNO2. The van der Waals surface area contributed by atoms with Crippen molar-refractivity contribution >= 4 is 23.2 Å². The molecule has 0 fully saturated rings. The highest BCUT2D eigenvalue weighted by molar-refractivity contribution is 6.27. The first-order chi connectivity index (χ1) is 8.61. The standard InChI is InChI=1S/C14H18ClNO2/c1-11(2)14(12-7-5-4-6-8-12)16(10-18-3)13(17)9-15/h4-8H,9-10H2,1-3H3. The molecule has 0 saturated heterocycles. The van der Waals surface area contributed by atoms with E-state index >= 15 is 0 Å². The van der Waals surface area contributed by atoms with Crippen LogP contribution in [0.15, 0.2) is 35.9 Å². The van der Waals surface area contributed by atoms with Crippen LogP contribution in [0.25, 0.3) is 5.70 Å². The molecule has 18 heavy (non-hydrogen) atoms. The molecule has 0 spiro atoms. The van der Waals surface area contributed by atoms with E-state index in [2.05, 4.69) is 0 Å². The van der Waals surface area contributed by atoms with E-state index < -0.39 is 0 Å². The first-order valence-corrected chi connectivity index (χ1v) is 6.23. The SMILES string of the molecule is COCN(C(=O)CCl)C(=C(C)C)c1ccccc1. The number of hydrogen-bond acceptors (Lipinski definition) is 2. The average molecular weight is 268 g/mol. The maximum Gasteiger partial charge on any atom is 0.243 e. The third-order valence-corrected chi connectivity index (χ3v) is 2.69. The van der Waals surface area contributed by atoms with Crippen molar-refractivity contribution in [1.29, 1.82) is 0 Å². The topological polar surface area (TPSA) is 29.5 Å². The van der Waals surface area contributed by atoms with Crippen LogP contribution in [0.5, 0.6) is 0 Å². The number of hydrogen-bond donors (Lipinski definition) is 0. The summed E-state index contributed by atoms with van der Waals surface area (Å²) in [6.07, 6.45) is 0. The summed E-state index contributed by atoms with van der Waals surface area (Å²) in [7, 11) is 1.56. The minimum absolute atomic E-state index is 0.0625. The van der Waals surface area contributed by atoms with Crippen LogP contribution < -0.4 is 0 Å². The van der Waals surface area contributed by atoms with Crippen LogP contribution in [-0.4, -0.2) is 30.5 Å². The number of rotatable bonds is 5. The van der Waals surface area contributed by atoms with Crippen LogP contribution in [-0.2, 0) is 9.53 Å². The maximum absolute atomic E-state index is 11.9. The summed E-state index contributed by atoms with van der Waals surface area (Å²) in [4.78, 5) is 13.5. The predicted octanol–water partition coefficient (Wildman–Crippen LogP) is 3.11. The second kappa shape index (κ2) is 7.19. The second-order valence-electron chi connectivity index (χ2n) is 4.09. The van der Waals surface area contributed by atoms with Gasteiger partial charge in [0.25, 0.3) is 0 Å². The molecule has 0 saturated carbocycles. The first kappa shape index (κ1) is 14.7. The van der Waals surface area contributed by atoms with Crippen molar-refractivity contribution in [3.05, 3.63) is 41.5 Å². The molecule has 1 aromatic rings. The van der Waals surface area contributed by atoms with Gasteiger partial charge in [-0.2, -0.15) is 0 Å². The van der Waals surface area contributed by atoms with E-state index in [0.717, 1.165) is 16.8 Å². The lowest BCUT2D eigenvalue weighted by atomic mass is 10.1. The minimum Gasteiger partial charge on any atom is -0.364 e. The monoisotopic (exact) mass is 267 g/mol. The Bertz CT molecular complexity index is 425. The quantitative estimate of drug-likeness (QED) is 0.606. The summed E-state index contributed by atoms with van der Waals surface area (Å²) in [5, 5.41) is 0. The van der Waals surface area contributed by atoms with Gasteiger partial charge in [0.05, 0.1) is 5.70 Å². The van der Waals surface area contributed by atoms with Gasteiger partial charge in [-0.1, -0.05) is 35.9 Å². The Morgan fingerprint density at radius 2 is 1.89 bits per heavy atom. The molecule has 3 nitrogen and oxygen atoms in total. The summed E-state index contributed by atoms with van der Waals surface area (Å²) in [6.45, 7) is 4.12. The van der Waals surface area contributed by atoms with Crippen LogP contribution in [0.2, 0.25) is 0 Å². The molecule has 0 aromatic heterocycles. The smallest absolute Gasteiger partial charge is 0.243 e. The average Bonchev–Trinajstić information content (AvgIpc) is 2.38. The first-order valence-electron chi connectivity index (χ1n) is 5.70. The van der Waals surface area contributed by atoms with Gasteiger partial charge in [-0.05, 0) is 19.4 Å². The predicted molar refractivity (Wildman–Crippen MR) is 74.2 cm³/mol. The highest BCUT2D eigenvalue weighted by atomic mass is 35.5. The van der Waals surface area contributed by atoms with Crippen molar-refractivity contribution in [3.63, 3.8) is 0 Å². The zero-order valence-electron chi connectivity index (χ0n) is 10.9. The van der Waals surface area contributed by atoms with Crippen molar-refractivity contribution in [1.82, 2.24) is 4.90 Å². The molecule has 1 rings (SSSR count). The second-order valence-corrected chi connectivity index (χ2v) is 4.36. The number of amides is 1. The van der Waals surface area contributed by atoms with E-state index in [-0.39, 0.29) is 18.5 Å². The van der Waals surface area contributed by atoms with Gasteiger partial charge in [0.2, 0.25) is 5.91 Å². The Morgan fingerprint density at radius 1 is 1.28 bits per heavy atom. The molecule has 0 aliphatic heterocycles. The summed E-state index contributed by atoms with van der Waals surface area (Å²) in [5.74, 6) is -0.231. The van der Waals surface area contributed by atoms with E-state index in [9.17, 15) is 4.79 Å². The van der Waals surface area contributed by atoms with E-state index in [1.54, 1.807) is 12.0 Å². The number of benzene rings is 1. The molecule has 0 N–H and O–H groups in total. The minimum atomic E-state index is -0.168. The third-order valence-electron chi connectivity index (χ3n) is 2.46. The van der Waals surface area contributed by atoms with Crippen LogP contribution in [0.3, 0.4) is 0 Å². The Labute approximate surface area is 113 Å². The zero-order valence-corrected chi connectivity index (χ0v) is 11.7. The number of nitrogens with zero attached hydrogens (tertiary/aromatic N) is 1. The lowest BCUT2D eigenvalue weighted by Gasteiger charge is -2.25. The molecule has 0 heterocycles. The van der Waals surface area contributed by atoms with Crippen LogP contribution in [0, 0.1) is 0 Å². The van der Waals surface area contributed by atoms with Gasteiger partial charge in [0.15, 0.2) is 0 Å². The number of allylic oxidation sites excluding steroid dienone is 1. The highest BCUT2D eigenvalue weighted by Crippen LogP contribution is 2.23. The van der Waals surface area contributed by atoms with Gasteiger partial charge in [-0.15, -0.1) is 11.6 Å². The molecule has 0 radical (unpaired) electrons. The van der Waals surface area contributed by atoms with E-state index in [4.69, 9.17) is 16.3 Å². The Hall–Kier alpha value is -1.32. The van der Waals surface area contributed by atoms with Crippen molar-refractivity contribution in [2.24, 2.45) is 0 Å². The summed E-state index contributed by atoms with van der Waals surface area (Å²) < 4.78 is 5.09. The Morgan fingerprint density at radius 3 is 2.33 bits per heavy atom. The van der Waals surface area contributed by atoms with Crippen LogP contribution in [0.4, 0.5) is 0 Å². The molecule has 4 heteroatoms. The molecule has 1 aromatic carbocycles. The van der Waals surface area contributed by atoms with Gasteiger partial charge < -0.3 is 4.74 Å². The molecule has 0 aliphatic carbocycles. The zero-order chi connectivity index (χ0) is 13.5. The summed E-state index contributed by atoms with van der Waals surface area (Å²) in [6, 6.07) is 9.75. The normalized spacial score (nSPS) is 10.0. The molecule has 0 unspecified atom stereocenters. The fourth-order valence-electron chi connectivity index (χ4n) is 1.77. The fraction of sp³-hybridized carbons (Fsp3) is 0.357. The van der Waals surface area contributed by atoms with Gasteiger partial charge in [-0.25, -0.2) is 0 Å². The Balaban J connectivity index is 3.19. The number of ether oxygens (including phenoxy) is 1. The molecular weight excluding hydrogens is 250 g/mol. The van der Waals surface area contributed by atoms with Gasteiger partial charge in [0, 0.05) is 7.11 Å². The number of alkyl halides is 1. The highest BCUT2D eigenvalue weighted by Gasteiger charge is 2.19. The summed E-state index contributed by atoms with van der Waals surface area (Å²) in [5.41, 5.74) is 2.87. The molecule has 0 atom stereocenters. The van der Waals surface area contributed by atoms with Gasteiger partial charge in [0.1, 0.15) is 12.6 Å². The number of carbonyl (C=O) groups excluding carboxylic acids is 1. The van der Waals surface area contributed by atoms with Crippen molar-refractivity contribution in [2.45, 2.75) is 13.8 Å². The largest absolute Gasteiger partial charge is 0.364 e. The lowest BCUT2D eigenvalue weighted by molar-refractivity contribution is -0.128. The van der Waals surface area contributed by atoms with Crippen LogP contribution >= 0.6 is 11.6 Å². The lowest BCUT2D eigenvalue weighted by Crippen LogP contribution is -2.32. The summed E-state index contributed by atoms with van der Waals surface area (Å²) >= 11 is 5.65. The van der Waals surface area contributed by atoms with Gasteiger partial charge in [-0.3, -0.25) is 9.69 Å². The number of carbonyl (C=O) groups is 1. The molecule has 0 bridgehead atoms. The molecule has 98 valence electrons. The van der Waals surface area contributed by atoms with Crippen molar-refractivity contribution < 1.29 is 9.53 Å². The third kappa shape index (κ3) is 3.59.